The molecule has 0 saturated heterocycles. The zero-order valence-electron chi connectivity index (χ0n) is 8.08. The number of allylic oxidation sites excluding steroid dienone is 1. The van der Waals surface area contributed by atoms with Gasteiger partial charge in [0.1, 0.15) is 6.10 Å². The van der Waals surface area contributed by atoms with Crippen LogP contribution in [-0.2, 0) is 9.53 Å². The van der Waals surface area contributed by atoms with Crippen LogP contribution in [0.4, 0.5) is 0 Å². The van der Waals surface area contributed by atoms with Gasteiger partial charge >= 0.3 is 0 Å². The third kappa shape index (κ3) is 5.38. The van der Waals surface area contributed by atoms with Gasteiger partial charge in [-0.3, -0.25) is 10.2 Å². The average molecular weight is 186 g/mol. The summed E-state index contributed by atoms with van der Waals surface area (Å²) in [5.74, 6) is 4.72. The lowest BCUT2D eigenvalue weighted by Gasteiger charge is -2.13. The first kappa shape index (κ1) is 12.1. The molecule has 0 aromatic carbocycles. The molecular weight excluding hydrogens is 168 g/mol. The molecule has 0 heterocycles. The van der Waals surface area contributed by atoms with Crippen molar-refractivity contribution in [2.24, 2.45) is 5.84 Å². The van der Waals surface area contributed by atoms with Crippen LogP contribution in [0, 0.1) is 0 Å². The molecule has 0 aliphatic rings. The Hall–Kier alpha value is -0.870. The van der Waals surface area contributed by atoms with E-state index in [1.165, 1.54) is 0 Å². The predicted molar refractivity (Wildman–Crippen MR) is 51.8 cm³/mol. The number of carbonyl (C=O) groups is 1. The SMILES string of the molecule is C=CCCCOC(CC)C(=O)NN. The summed E-state index contributed by atoms with van der Waals surface area (Å²) in [4.78, 5) is 11.0. The van der Waals surface area contributed by atoms with Crippen molar-refractivity contribution in [1.82, 2.24) is 5.43 Å². The summed E-state index contributed by atoms with van der Waals surface area (Å²) in [7, 11) is 0. The summed E-state index contributed by atoms with van der Waals surface area (Å²) in [6.45, 7) is 6.04. The number of rotatable bonds is 7. The van der Waals surface area contributed by atoms with Crippen LogP contribution in [0.25, 0.3) is 0 Å². The van der Waals surface area contributed by atoms with Crippen LogP contribution >= 0.6 is 0 Å². The third-order valence-electron chi connectivity index (χ3n) is 1.68. The van der Waals surface area contributed by atoms with Gasteiger partial charge in [-0.1, -0.05) is 13.0 Å². The number of hydrazine groups is 1. The molecule has 76 valence electrons. The number of ether oxygens (including phenoxy) is 1. The predicted octanol–water partition coefficient (Wildman–Crippen LogP) is 0.738. The Morgan fingerprint density at radius 3 is 2.92 bits per heavy atom. The molecule has 0 aliphatic heterocycles. The number of hydrogen-bond acceptors (Lipinski definition) is 3. The Bertz CT molecular complexity index is 160. The van der Waals surface area contributed by atoms with Crippen molar-refractivity contribution in [3.63, 3.8) is 0 Å². The summed E-state index contributed by atoms with van der Waals surface area (Å²) in [5.41, 5.74) is 2.07. The molecule has 0 aromatic rings. The molecule has 0 bridgehead atoms. The molecule has 0 radical (unpaired) electrons. The fraction of sp³-hybridized carbons (Fsp3) is 0.667. The quantitative estimate of drug-likeness (QED) is 0.203. The monoisotopic (exact) mass is 186 g/mol. The number of amides is 1. The highest BCUT2D eigenvalue weighted by Crippen LogP contribution is 2.00. The van der Waals surface area contributed by atoms with Crippen LogP contribution in [0.3, 0.4) is 0 Å². The third-order valence-corrected chi connectivity index (χ3v) is 1.68. The highest BCUT2D eigenvalue weighted by atomic mass is 16.5. The van der Waals surface area contributed by atoms with Gasteiger partial charge in [0.05, 0.1) is 0 Å². The molecule has 1 unspecified atom stereocenters. The van der Waals surface area contributed by atoms with Crippen molar-refractivity contribution in [3.8, 4) is 0 Å². The maximum Gasteiger partial charge on any atom is 0.262 e. The van der Waals surface area contributed by atoms with Gasteiger partial charge < -0.3 is 4.74 Å². The molecule has 4 heteroatoms. The minimum atomic E-state index is -0.421. The average Bonchev–Trinajstić information content (AvgIpc) is 2.17. The van der Waals surface area contributed by atoms with Crippen LogP contribution in [0.15, 0.2) is 12.7 Å². The van der Waals surface area contributed by atoms with Crippen molar-refractivity contribution in [3.05, 3.63) is 12.7 Å². The van der Waals surface area contributed by atoms with Gasteiger partial charge in [-0.2, -0.15) is 0 Å². The highest BCUT2D eigenvalue weighted by Gasteiger charge is 2.14. The summed E-state index contributed by atoms with van der Waals surface area (Å²) in [5, 5.41) is 0. The minimum absolute atomic E-state index is 0.263. The molecule has 1 amide bonds. The molecular formula is C9H18N2O2. The van der Waals surface area contributed by atoms with Crippen LogP contribution in [0.5, 0.6) is 0 Å². The van der Waals surface area contributed by atoms with E-state index >= 15 is 0 Å². The Morgan fingerprint density at radius 1 is 1.77 bits per heavy atom. The van der Waals surface area contributed by atoms with E-state index < -0.39 is 6.10 Å². The van der Waals surface area contributed by atoms with E-state index in [-0.39, 0.29) is 5.91 Å². The molecule has 1 atom stereocenters. The van der Waals surface area contributed by atoms with Gasteiger partial charge in [0.15, 0.2) is 0 Å². The largest absolute Gasteiger partial charge is 0.368 e. The Kier molecular flexibility index (Phi) is 7.24. The van der Waals surface area contributed by atoms with Crippen LogP contribution in [0.1, 0.15) is 26.2 Å². The summed E-state index contributed by atoms with van der Waals surface area (Å²) < 4.78 is 5.31. The minimum Gasteiger partial charge on any atom is -0.368 e. The van der Waals surface area contributed by atoms with Crippen LogP contribution < -0.4 is 11.3 Å². The molecule has 3 N–H and O–H groups in total. The molecule has 0 saturated carbocycles. The number of nitrogens with one attached hydrogen (secondary N) is 1. The lowest BCUT2D eigenvalue weighted by Crippen LogP contribution is -2.40. The molecule has 0 aromatic heterocycles. The first-order valence-corrected chi connectivity index (χ1v) is 4.49. The second kappa shape index (κ2) is 7.76. The number of unbranched alkanes of at least 4 members (excludes halogenated alkanes) is 1. The topological polar surface area (TPSA) is 64.3 Å². The van der Waals surface area contributed by atoms with E-state index in [0.717, 1.165) is 12.8 Å². The van der Waals surface area contributed by atoms with E-state index in [0.29, 0.717) is 13.0 Å². The fourth-order valence-electron chi connectivity index (χ4n) is 0.925. The molecule has 0 aliphatic carbocycles. The molecule has 0 spiro atoms. The number of hydrogen-bond donors (Lipinski definition) is 2. The van der Waals surface area contributed by atoms with Crippen molar-refractivity contribution >= 4 is 5.91 Å². The summed E-state index contributed by atoms with van der Waals surface area (Å²) >= 11 is 0. The zero-order chi connectivity index (χ0) is 10.1. The van der Waals surface area contributed by atoms with Crippen molar-refractivity contribution in [2.75, 3.05) is 6.61 Å². The van der Waals surface area contributed by atoms with Gasteiger partial charge in [0.25, 0.3) is 5.91 Å². The van der Waals surface area contributed by atoms with Gasteiger partial charge in [-0.05, 0) is 19.3 Å². The molecule has 13 heavy (non-hydrogen) atoms. The number of carbonyl (C=O) groups excluding carboxylic acids is 1. The van der Waals surface area contributed by atoms with E-state index in [1.54, 1.807) is 0 Å². The van der Waals surface area contributed by atoms with E-state index in [9.17, 15) is 4.79 Å². The highest BCUT2D eigenvalue weighted by molar-refractivity contribution is 5.79. The van der Waals surface area contributed by atoms with Crippen LogP contribution in [-0.4, -0.2) is 18.6 Å². The van der Waals surface area contributed by atoms with Gasteiger partial charge in [-0.25, -0.2) is 5.84 Å². The maximum absolute atomic E-state index is 11.0. The standard InChI is InChI=1S/C9H18N2O2/c1-3-5-6-7-13-8(4-2)9(12)11-10/h3,8H,1,4-7,10H2,2H3,(H,11,12). The Morgan fingerprint density at radius 2 is 2.46 bits per heavy atom. The first-order valence-electron chi connectivity index (χ1n) is 4.49. The maximum atomic E-state index is 11.0. The van der Waals surface area contributed by atoms with Gasteiger partial charge in [0.2, 0.25) is 0 Å². The fourth-order valence-corrected chi connectivity index (χ4v) is 0.925. The first-order chi connectivity index (χ1) is 6.26. The lowest BCUT2D eigenvalue weighted by molar-refractivity contribution is -0.133. The summed E-state index contributed by atoms with van der Waals surface area (Å²) in [6.07, 6.45) is 3.83. The molecule has 4 nitrogen and oxygen atoms in total. The second-order valence-electron chi connectivity index (χ2n) is 2.71. The van der Waals surface area contributed by atoms with E-state index in [4.69, 9.17) is 10.6 Å². The smallest absolute Gasteiger partial charge is 0.262 e. The van der Waals surface area contributed by atoms with Crippen molar-refractivity contribution in [2.45, 2.75) is 32.3 Å². The van der Waals surface area contributed by atoms with E-state index in [1.807, 2.05) is 13.0 Å². The molecule has 0 rings (SSSR count). The molecule has 0 fully saturated rings. The second-order valence-corrected chi connectivity index (χ2v) is 2.71. The van der Waals surface area contributed by atoms with Crippen LogP contribution in [0.2, 0.25) is 0 Å². The van der Waals surface area contributed by atoms with Gasteiger partial charge in [0, 0.05) is 6.61 Å². The van der Waals surface area contributed by atoms with E-state index in [2.05, 4.69) is 12.0 Å². The Balaban J connectivity index is 3.59. The normalized spacial score (nSPS) is 12.2. The van der Waals surface area contributed by atoms with Crippen molar-refractivity contribution in [1.29, 1.82) is 0 Å². The zero-order valence-corrected chi connectivity index (χ0v) is 8.08. The Labute approximate surface area is 79.1 Å². The number of nitrogens with two attached hydrogens (primary N) is 1. The van der Waals surface area contributed by atoms with Crippen molar-refractivity contribution < 1.29 is 9.53 Å². The summed E-state index contributed by atoms with van der Waals surface area (Å²) in [6, 6.07) is 0. The lowest BCUT2D eigenvalue weighted by atomic mass is 10.2. The van der Waals surface area contributed by atoms with Gasteiger partial charge in [-0.15, -0.1) is 6.58 Å².